The van der Waals surface area contributed by atoms with Crippen molar-refractivity contribution in [3.63, 3.8) is 0 Å². The van der Waals surface area contributed by atoms with Gasteiger partial charge in [-0.1, -0.05) is 12.1 Å². The lowest BCUT2D eigenvalue weighted by atomic mass is 10.2. The quantitative estimate of drug-likeness (QED) is 0.447. The number of thiocarbonyl (C=S) groups is 1. The number of anilines is 1. The molecule has 0 saturated carbocycles. The van der Waals surface area contributed by atoms with Gasteiger partial charge < -0.3 is 10.6 Å². The number of hydrogen-bond donors (Lipinski definition) is 3. The number of rotatable bonds is 4. The van der Waals surface area contributed by atoms with Crippen LogP contribution in [0.15, 0.2) is 29.4 Å². The molecule has 0 spiro atoms. The van der Waals surface area contributed by atoms with Crippen LogP contribution in [0.1, 0.15) is 26.3 Å². The zero-order valence-corrected chi connectivity index (χ0v) is 12.0. The first-order chi connectivity index (χ1) is 8.97. The molecule has 19 heavy (non-hydrogen) atoms. The highest BCUT2D eigenvalue weighted by molar-refractivity contribution is 7.80. The molecular weight excluding hydrogens is 260 g/mol. The summed E-state index contributed by atoms with van der Waals surface area (Å²) in [6.45, 7) is 5.47. The summed E-state index contributed by atoms with van der Waals surface area (Å²) < 4.78 is 0. The lowest BCUT2D eigenvalue weighted by molar-refractivity contribution is -0.114. The Kier molecular flexibility index (Phi) is 5.95. The van der Waals surface area contributed by atoms with E-state index in [0.29, 0.717) is 5.11 Å². The number of benzene rings is 1. The second kappa shape index (κ2) is 7.48. The summed E-state index contributed by atoms with van der Waals surface area (Å²) in [4.78, 5) is 10.9. The molecule has 5 nitrogen and oxygen atoms in total. The Morgan fingerprint density at radius 3 is 2.47 bits per heavy atom. The maximum absolute atomic E-state index is 10.9. The SMILES string of the molecule is CC(=O)Nc1ccc(C=NNC(=S)NC(C)C)cc1. The van der Waals surface area contributed by atoms with Gasteiger partial charge in [-0.3, -0.25) is 10.2 Å². The fraction of sp³-hybridized carbons (Fsp3) is 0.308. The van der Waals surface area contributed by atoms with E-state index in [9.17, 15) is 4.79 Å². The standard InChI is InChI=1S/C13H18N4OS/c1-9(2)15-13(19)17-14-8-11-4-6-12(7-5-11)16-10(3)18/h4-9H,1-3H3,(H,16,18)(H2,15,17,19). The highest BCUT2D eigenvalue weighted by Gasteiger charge is 1.96. The second-order valence-electron chi connectivity index (χ2n) is 4.30. The van der Waals surface area contributed by atoms with Crippen molar-refractivity contribution in [2.24, 2.45) is 5.10 Å². The lowest BCUT2D eigenvalue weighted by Crippen LogP contribution is -2.36. The van der Waals surface area contributed by atoms with Crippen molar-refractivity contribution in [3.8, 4) is 0 Å². The molecule has 0 radical (unpaired) electrons. The largest absolute Gasteiger partial charge is 0.359 e. The maximum Gasteiger partial charge on any atom is 0.221 e. The van der Waals surface area contributed by atoms with Crippen LogP contribution in [0.25, 0.3) is 0 Å². The molecule has 0 saturated heterocycles. The van der Waals surface area contributed by atoms with Crippen molar-refractivity contribution in [2.45, 2.75) is 26.8 Å². The Balaban J connectivity index is 2.49. The fourth-order valence-electron chi connectivity index (χ4n) is 1.32. The minimum Gasteiger partial charge on any atom is -0.359 e. The van der Waals surface area contributed by atoms with E-state index in [1.807, 2.05) is 38.1 Å². The Hall–Kier alpha value is -1.95. The molecule has 0 aromatic heterocycles. The van der Waals surface area contributed by atoms with Gasteiger partial charge in [0.05, 0.1) is 6.21 Å². The van der Waals surface area contributed by atoms with E-state index in [2.05, 4.69) is 21.2 Å². The molecule has 1 aromatic carbocycles. The first-order valence-electron chi connectivity index (χ1n) is 5.94. The Bertz CT molecular complexity index is 468. The van der Waals surface area contributed by atoms with Gasteiger partial charge in [-0.2, -0.15) is 5.10 Å². The summed E-state index contributed by atoms with van der Waals surface area (Å²) in [6.07, 6.45) is 1.66. The molecule has 1 amide bonds. The molecule has 0 unspecified atom stereocenters. The van der Waals surface area contributed by atoms with Crippen LogP contribution in [0.5, 0.6) is 0 Å². The summed E-state index contributed by atoms with van der Waals surface area (Å²) in [7, 11) is 0. The molecule has 102 valence electrons. The van der Waals surface area contributed by atoms with Crippen LogP contribution < -0.4 is 16.1 Å². The topological polar surface area (TPSA) is 65.5 Å². The van der Waals surface area contributed by atoms with E-state index >= 15 is 0 Å². The number of hydrazone groups is 1. The van der Waals surface area contributed by atoms with E-state index in [1.54, 1.807) is 6.21 Å². The van der Waals surface area contributed by atoms with Gasteiger partial charge in [-0.25, -0.2) is 0 Å². The van der Waals surface area contributed by atoms with Gasteiger partial charge in [0.15, 0.2) is 5.11 Å². The average molecular weight is 278 g/mol. The third-order valence-corrected chi connectivity index (χ3v) is 2.24. The van der Waals surface area contributed by atoms with Crippen LogP contribution in [0, 0.1) is 0 Å². The van der Waals surface area contributed by atoms with E-state index in [4.69, 9.17) is 12.2 Å². The zero-order valence-electron chi connectivity index (χ0n) is 11.2. The summed E-state index contributed by atoms with van der Waals surface area (Å²) >= 11 is 5.03. The molecule has 3 N–H and O–H groups in total. The highest BCUT2D eigenvalue weighted by atomic mass is 32.1. The number of carbonyl (C=O) groups is 1. The Morgan fingerprint density at radius 1 is 1.32 bits per heavy atom. The molecule has 0 heterocycles. The molecule has 0 aliphatic carbocycles. The van der Waals surface area contributed by atoms with Crippen LogP contribution >= 0.6 is 12.2 Å². The predicted molar refractivity (Wildman–Crippen MR) is 82.3 cm³/mol. The molecular formula is C13H18N4OS. The lowest BCUT2D eigenvalue weighted by Gasteiger charge is -2.09. The average Bonchev–Trinajstić information content (AvgIpc) is 2.29. The normalized spacial score (nSPS) is 10.5. The molecule has 1 aromatic rings. The Morgan fingerprint density at radius 2 is 1.95 bits per heavy atom. The number of amides is 1. The summed E-state index contributed by atoms with van der Waals surface area (Å²) in [5.41, 5.74) is 4.40. The summed E-state index contributed by atoms with van der Waals surface area (Å²) in [6, 6.07) is 7.61. The fourth-order valence-corrected chi connectivity index (χ4v) is 1.60. The monoisotopic (exact) mass is 278 g/mol. The smallest absolute Gasteiger partial charge is 0.221 e. The van der Waals surface area contributed by atoms with Crippen molar-refractivity contribution >= 4 is 35.1 Å². The van der Waals surface area contributed by atoms with Crippen LogP contribution in [-0.4, -0.2) is 23.3 Å². The maximum atomic E-state index is 10.9. The molecule has 1 rings (SSSR count). The van der Waals surface area contributed by atoms with Gasteiger partial charge in [0.1, 0.15) is 0 Å². The van der Waals surface area contributed by atoms with Crippen molar-refractivity contribution in [3.05, 3.63) is 29.8 Å². The summed E-state index contributed by atoms with van der Waals surface area (Å²) in [5, 5.41) is 10.2. The van der Waals surface area contributed by atoms with Gasteiger partial charge in [-0.15, -0.1) is 0 Å². The van der Waals surface area contributed by atoms with Crippen molar-refractivity contribution in [2.75, 3.05) is 5.32 Å². The van der Waals surface area contributed by atoms with E-state index < -0.39 is 0 Å². The minimum atomic E-state index is -0.0896. The molecule has 0 bridgehead atoms. The van der Waals surface area contributed by atoms with Crippen LogP contribution in [-0.2, 0) is 4.79 Å². The van der Waals surface area contributed by atoms with Crippen molar-refractivity contribution < 1.29 is 4.79 Å². The highest BCUT2D eigenvalue weighted by Crippen LogP contribution is 2.07. The van der Waals surface area contributed by atoms with E-state index in [1.165, 1.54) is 6.92 Å². The number of hydrogen-bond acceptors (Lipinski definition) is 3. The molecule has 0 atom stereocenters. The summed E-state index contributed by atoms with van der Waals surface area (Å²) in [5.74, 6) is -0.0896. The first-order valence-corrected chi connectivity index (χ1v) is 6.35. The van der Waals surface area contributed by atoms with Crippen molar-refractivity contribution in [1.82, 2.24) is 10.7 Å². The predicted octanol–water partition coefficient (Wildman–Crippen LogP) is 1.85. The molecule has 0 aliphatic rings. The van der Waals surface area contributed by atoms with Gasteiger partial charge in [0.2, 0.25) is 5.91 Å². The van der Waals surface area contributed by atoms with Gasteiger partial charge >= 0.3 is 0 Å². The number of nitrogens with zero attached hydrogens (tertiary/aromatic N) is 1. The van der Waals surface area contributed by atoms with Gasteiger partial charge in [-0.05, 0) is 43.8 Å². The zero-order chi connectivity index (χ0) is 14.3. The molecule has 6 heteroatoms. The van der Waals surface area contributed by atoms with Crippen LogP contribution in [0.3, 0.4) is 0 Å². The Labute approximate surface area is 118 Å². The third kappa shape index (κ3) is 6.52. The van der Waals surface area contributed by atoms with Gasteiger partial charge in [0, 0.05) is 18.7 Å². The first kappa shape index (κ1) is 15.1. The minimum absolute atomic E-state index is 0.0896. The van der Waals surface area contributed by atoms with Gasteiger partial charge in [0.25, 0.3) is 0 Å². The molecule has 0 fully saturated rings. The third-order valence-electron chi connectivity index (χ3n) is 2.03. The molecule has 0 aliphatic heterocycles. The number of nitrogens with one attached hydrogen (secondary N) is 3. The number of carbonyl (C=O) groups excluding carboxylic acids is 1. The van der Waals surface area contributed by atoms with Crippen LogP contribution in [0.2, 0.25) is 0 Å². The van der Waals surface area contributed by atoms with E-state index in [-0.39, 0.29) is 11.9 Å². The van der Waals surface area contributed by atoms with Crippen molar-refractivity contribution in [1.29, 1.82) is 0 Å². The van der Waals surface area contributed by atoms with E-state index in [0.717, 1.165) is 11.3 Å². The second-order valence-corrected chi connectivity index (χ2v) is 4.71. The van der Waals surface area contributed by atoms with Crippen LogP contribution in [0.4, 0.5) is 5.69 Å².